The zero-order valence-corrected chi connectivity index (χ0v) is 11.1. The molecule has 4 N–H and O–H groups in total. The van der Waals surface area contributed by atoms with Crippen molar-refractivity contribution in [2.45, 2.75) is 26.1 Å². The Labute approximate surface area is 98.2 Å². The SMILES string of the molecule is CC(O)COC(C)COP(=O)(O)OP(=O)(O)O. The van der Waals surface area contributed by atoms with E-state index in [2.05, 4.69) is 8.83 Å². The smallest absolute Gasteiger partial charge is 0.391 e. The number of rotatable bonds is 8. The molecule has 0 fully saturated rings. The fourth-order valence-corrected chi connectivity index (χ4v) is 2.37. The summed E-state index contributed by atoms with van der Waals surface area (Å²) in [6.07, 6.45) is -1.35. The van der Waals surface area contributed by atoms with Gasteiger partial charge in [0.15, 0.2) is 0 Å². The summed E-state index contributed by atoms with van der Waals surface area (Å²) in [5.74, 6) is 0. The van der Waals surface area contributed by atoms with Gasteiger partial charge in [0.05, 0.1) is 25.4 Å². The minimum absolute atomic E-state index is 0.000390. The van der Waals surface area contributed by atoms with Crippen molar-refractivity contribution in [1.82, 2.24) is 0 Å². The van der Waals surface area contributed by atoms with Gasteiger partial charge in [-0.25, -0.2) is 9.13 Å². The molecule has 0 spiro atoms. The third kappa shape index (κ3) is 11.0. The van der Waals surface area contributed by atoms with Gasteiger partial charge < -0.3 is 24.5 Å². The lowest BCUT2D eigenvalue weighted by molar-refractivity contribution is -0.0174. The number of phosphoric acid groups is 2. The lowest BCUT2D eigenvalue weighted by Crippen LogP contribution is -2.21. The van der Waals surface area contributed by atoms with Crippen LogP contribution in [0, 0.1) is 0 Å². The minimum Gasteiger partial charge on any atom is -0.391 e. The van der Waals surface area contributed by atoms with E-state index in [9.17, 15) is 9.13 Å². The first-order valence-corrected chi connectivity index (χ1v) is 7.58. The first kappa shape index (κ1) is 17.2. The van der Waals surface area contributed by atoms with Crippen LogP contribution in [0.3, 0.4) is 0 Å². The van der Waals surface area contributed by atoms with Gasteiger partial charge in [-0.05, 0) is 13.8 Å². The van der Waals surface area contributed by atoms with E-state index in [1.807, 2.05) is 0 Å². The lowest BCUT2D eigenvalue weighted by atomic mass is 10.4. The summed E-state index contributed by atoms with van der Waals surface area (Å²) in [4.78, 5) is 25.5. The van der Waals surface area contributed by atoms with Gasteiger partial charge in [-0.1, -0.05) is 0 Å². The molecule has 0 heterocycles. The zero-order chi connectivity index (χ0) is 13.7. The van der Waals surface area contributed by atoms with E-state index in [4.69, 9.17) is 24.5 Å². The summed E-state index contributed by atoms with van der Waals surface area (Å²) in [6.45, 7) is 2.56. The average Bonchev–Trinajstić information content (AvgIpc) is 2.07. The Bertz CT molecular complexity index is 311. The highest BCUT2D eigenvalue weighted by molar-refractivity contribution is 7.60. The highest BCUT2D eigenvalue weighted by Crippen LogP contribution is 2.57. The summed E-state index contributed by atoms with van der Waals surface area (Å²) in [7, 11) is -9.92. The number of ether oxygens (including phenoxy) is 1. The molecule has 9 nitrogen and oxygen atoms in total. The Morgan fingerprint density at radius 2 is 1.65 bits per heavy atom. The first-order valence-electron chi connectivity index (χ1n) is 4.56. The second kappa shape index (κ2) is 6.94. The van der Waals surface area contributed by atoms with E-state index in [1.165, 1.54) is 13.8 Å². The van der Waals surface area contributed by atoms with Crippen molar-refractivity contribution in [2.24, 2.45) is 0 Å². The van der Waals surface area contributed by atoms with Crippen molar-refractivity contribution in [3.05, 3.63) is 0 Å². The number of aliphatic hydroxyl groups excluding tert-OH is 1. The minimum atomic E-state index is -5.10. The van der Waals surface area contributed by atoms with E-state index in [0.29, 0.717) is 0 Å². The molecular weight excluding hydrogens is 278 g/mol. The molecule has 0 aromatic rings. The largest absolute Gasteiger partial charge is 0.481 e. The summed E-state index contributed by atoms with van der Waals surface area (Å²) in [6, 6.07) is 0. The van der Waals surface area contributed by atoms with E-state index in [0.717, 1.165) is 0 Å². The number of hydrogen-bond acceptors (Lipinski definition) is 6. The molecule has 0 saturated carbocycles. The molecule has 0 saturated heterocycles. The normalized spacial score (nSPS) is 19.6. The van der Waals surface area contributed by atoms with Crippen LogP contribution in [-0.4, -0.2) is 45.2 Å². The van der Waals surface area contributed by atoms with Crippen LogP contribution < -0.4 is 0 Å². The first-order chi connectivity index (χ1) is 7.52. The molecule has 0 rings (SSSR count). The molecule has 0 aliphatic carbocycles. The van der Waals surface area contributed by atoms with Gasteiger partial charge in [0.25, 0.3) is 0 Å². The maximum Gasteiger partial charge on any atom is 0.481 e. The predicted molar refractivity (Wildman–Crippen MR) is 56.0 cm³/mol. The maximum atomic E-state index is 11.0. The van der Waals surface area contributed by atoms with Crippen LogP contribution in [0.4, 0.5) is 0 Å². The van der Waals surface area contributed by atoms with Crippen molar-refractivity contribution in [1.29, 1.82) is 0 Å². The van der Waals surface area contributed by atoms with Crippen LogP contribution in [0.1, 0.15) is 13.8 Å². The second-order valence-corrected chi connectivity index (χ2v) is 6.16. The number of hydrogen-bond donors (Lipinski definition) is 4. The van der Waals surface area contributed by atoms with Gasteiger partial charge in [0.2, 0.25) is 0 Å². The van der Waals surface area contributed by atoms with Crippen LogP contribution in [0.25, 0.3) is 0 Å². The van der Waals surface area contributed by atoms with E-state index >= 15 is 0 Å². The van der Waals surface area contributed by atoms with Crippen LogP contribution in [-0.2, 0) is 22.7 Å². The molecule has 0 aliphatic heterocycles. The van der Waals surface area contributed by atoms with Crippen molar-refractivity contribution in [2.75, 3.05) is 13.2 Å². The Balaban J connectivity index is 4.01. The molecular formula is C6H16O9P2. The molecule has 11 heteroatoms. The molecule has 0 radical (unpaired) electrons. The zero-order valence-electron chi connectivity index (χ0n) is 9.29. The Morgan fingerprint density at radius 3 is 2.06 bits per heavy atom. The monoisotopic (exact) mass is 294 g/mol. The Morgan fingerprint density at radius 1 is 1.12 bits per heavy atom. The second-order valence-electron chi connectivity index (χ2n) is 3.33. The molecule has 0 aromatic heterocycles. The molecule has 0 bridgehead atoms. The molecule has 17 heavy (non-hydrogen) atoms. The maximum absolute atomic E-state index is 11.0. The van der Waals surface area contributed by atoms with Crippen LogP contribution in [0.5, 0.6) is 0 Å². The molecule has 3 atom stereocenters. The standard InChI is InChI=1S/C6H16O9P2/c1-5(7)3-13-6(2)4-14-17(11,12)15-16(8,9)10/h5-7H,3-4H2,1-2H3,(H,11,12)(H2,8,9,10). The van der Waals surface area contributed by atoms with Crippen molar-refractivity contribution in [3.63, 3.8) is 0 Å². The van der Waals surface area contributed by atoms with Gasteiger partial charge in [-0.15, -0.1) is 0 Å². The molecule has 0 aliphatic rings. The summed E-state index contributed by atoms with van der Waals surface area (Å²) in [5.41, 5.74) is 0. The third-order valence-corrected chi connectivity index (χ3v) is 3.46. The number of phosphoric ester groups is 1. The van der Waals surface area contributed by atoms with E-state index in [1.54, 1.807) is 0 Å². The van der Waals surface area contributed by atoms with Crippen molar-refractivity contribution < 1.29 is 42.5 Å². The van der Waals surface area contributed by atoms with Crippen molar-refractivity contribution >= 4 is 15.6 Å². The highest BCUT2D eigenvalue weighted by Gasteiger charge is 2.32. The summed E-state index contributed by atoms with van der Waals surface area (Å²) in [5, 5.41) is 8.88. The topological polar surface area (TPSA) is 143 Å². The van der Waals surface area contributed by atoms with Crippen LogP contribution >= 0.6 is 15.6 Å². The van der Waals surface area contributed by atoms with Gasteiger partial charge in [-0.3, -0.25) is 4.52 Å². The van der Waals surface area contributed by atoms with E-state index in [-0.39, 0.29) is 6.61 Å². The Hall–Kier alpha value is 0.180. The highest BCUT2D eigenvalue weighted by atomic mass is 31.3. The van der Waals surface area contributed by atoms with Gasteiger partial charge in [0, 0.05) is 0 Å². The summed E-state index contributed by atoms with van der Waals surface area (Å²) < 4.78 is 34.1. The fraction of sp³-hybridized carbons (Fsp3) is 1.00. The lowest BCUT2D eigenvalue weighted by Gasteiger charge is -2.17. The van der Waals surface area contributed by atoms with Gasteiger partial charge in [-0.2, -0.15) is 4.31 Å². The van der Waals surface area contributed by atoms with Crippen LogP contribution in [0.2, 0.25) is 0 Å². The van der Waals surface area contributed by atoms with Crippen molar-refractivity contribution in [3.8, 4) is 0 Å². The summed E-state index contributed by atoms with van der Waals surface area (Å²) >= 11 is 0. The number of aliphatic hydroxyl groups is 1. The quantitative estimate of drug-likeness (QED) is 0.455. The Kier molecular flexibility index (Phi) is 7.01. The average molecular weight is 294 g/mol. The fourth-order valence-electron chi connectivity index (χ4n) is 0.709. The molecule has 104 valence electrons. The third-order valence-electron chi connectivity index (χ3n) is 1.30. The predicted octanol–water partition coefficient (Wildman–Crippen LogP) is -0.00140. The molecule has 3 unspecified atom stereocenters. The van der Waals surface area contributed by atoms with Crippen LogP contribution in [0.15, 0.2) is 0 Å². The molecule has 0 aromatic carbocycles. The van der Waals surface area contributed by atoms with Gasteiger partial charge >= 0.3 is 15.6 Å². The molecule has 0 amide bonds. The van der Waals surface area contributed by atoms with Gasteiger partial charge in [0.1, 0.15) is 0 Å². The van der Waals surface area contributed by atoms with E-state index < -0.39 is 34.5 Å².